The molecule has 0 heterocycles. The average molecular weight is 314 g/mol. The molecule has 1 unspecified atom stereocenters. The third-order valence-electron chi connectivity index (χ3n) is 4.50. The van der Waals surface area contributed by atoms with Crippen molar-refractivity contribution in [2.45, 2.75) is 46.0 Å². The van der Waals surface area contributed by atoms with Crippen molar-refractivity contribution in [1.82, 2.24) is 4.90 Å². The smallest absolute Gasteiger partial charge is 0.239 e. The molecule has 1 atom stereocenters. The van der Waals surface area contributed by atoms with Gasteiger partial charge in [0.1, 0.15) is 11.7 Å². The summed E-state index contributed by atoms with van der Waals surface area (Å²) in [6, 6.07) is 8.44. The molecule has 1 aromatic rings. The maximum absolute atomic E-state index is 12.2. The van der Waals surface area contributed by atoms with Crippen LogP contribution < -0.4 is 4.74 Å². The molecule has 0 fully saturated rings. The second kappa shape index (κ2) is 8.57. The molecule has 0 saturated heterocycles. The van der Waals surface area contributed by atoms with Gasteiger partial charge in [0.25, 0.3) is 0 Å². The van der Waals surface area contributed by atoms with Crippen molar-refractivity contribution in [2.24, 2.45) is 5.92 Å². The van der Waals surface area contributed by atoms with Crippen LogP contribution in [0.1, 0.15) is 44.2 Å². The average Bonchev–Trinajstić information content (AvgIpc) is 3.03. The highest BCUT2D eigenvalue weighted by Gasteiger charge is 2.21. The summed E-state index contributed by atoms with van der Waals surface area (Å²) in [6.07, 6.45) is 4.81. The fourth-order valence-electron chi connectivity index (χ4n) is 3.11. The number of carbonyl (C=O) groups is 1. The van der Waals surface area contributed by atoms with Gasteiger partial charge in [-0.1, -0.05) is 6.07 Å². The van der Waals surface area contributed by atoms with Crippen LogP contribution in [0.25, 0.3) is 0 Å². The third kappa shape index (κ3) is 4.48. The molecule has 1 aromatic carbocycles. The van der Waals surface area contributed by atoms with Gasteiger partial charge >= 0.3 is 0 Å². The van der Waals surface area contributed by atoms with Gasteiger partial charge < -0.3 is 9.64 Å². The first kappa shape index (κ1) is 17.3. The number of hydrogen-bond acceptors (Lipinski definition) is 3. The maximum Gasteiger partial charge on any atom is 0.239 e. The van der Waals surface area contributed by atoms with Crippen molar-refractivity contribution in [1.29, 1.82) is 5.26 Å². The molecular weight excluding hydrogens is 288 g/mol. The van der Waals surface area contributed by atoms with Gasteiger partial charge in [-0.2, -0.15) is 5.26 Å². The first-order valence-corrected chi connectivity index (χ1v) is 8.62. The Hall–Kier alpha value is -2.02. The molecule has 0 bridgehead atoms. The number of rotatable bonds is 8. The van der Waals surface area contributed by atoms with Crippen molar-refractivity contribution in [3.05, 3.63) is 29.3 Å². The fraction of sp³-hybridized carbons (Fsp3) is 0.579. The van der Waals surface area contributed by atoms with E-state index in [2.05, 4.69) is 18.2 Å². The number of nitriles is 1. The highest BCUT2D eigenvalue weighted by Crippen LogP contribution is 2.26. The predicted molar refractivity (Wildman–Crippen MR) is 90.2 cm³/mol. The minimum atomic E-state index is -0.557. The standard InChI is InChI=1S/C19H26N2O2/c1-3-21(4-2)19(22)17(14-20)9-6-12-23-18-11-10-15-7-5-8-16(15)13-18/h10-11,13,17H,3-9,12H2,1-2H3. The Bertz CT molecular complexity index is 573. The topological polar surface area (TPSA) is 53.3 Å². The van der Waals surface area contributed by atoms with Crippen LogP contribution in [-0.4, -0.2) is 30.5 Å². The molecule has 0 saturated carbocycles. The van der Waals surface area contributed by atoms with E-state index in [0.29, 0.717) is 32.5 Å². The van der Waals surface area contributed by atoms with Gasteiger partial charge in [-0.05, 0) is 69.2 Å². The Kier molecular flexibility index (Phi) is 6.46. The molecular formula is C19H26N2O2. The molecule has 0 aromatic heterocycles. The number of nitrogens with zero attached hydrogens (tertiary/aromatic N) is 2. The molecule has 2 rings (SSSR count). The number of amides is 1. The molecule has 0 N–H and O–H groups in total. The van der Waals surface area contributed by atoms with E-state index in [-0.39, 0.29) is 5.91 Å². The summed E-state index contributed by atoms with van der Waals surface area (Å²) in [7, 11) is 0. The summed E-state index contributed by atoms with van der Waals surface area (Å²) in [5.74, 6) is 0.280. The van der Waals surface area contributed by atoms with Crippen molar-refractivity contribution in [3.8, 4) is 11.8 Å². The molecule has 1 amide bonds. The first-order valence-electron chi connectivity index (χ1n) is 8.62. The summed E-state index contributed by atoms with van der Waals surface area (Å²) in [5.41, 5.74) is 2.83. The normalized spacial score (nSPS) is 14.0. The SMILES string of the molecule is CCN(CC)C(=O)C(C#N)CCCOc1ccc2c(c1)CCC2. The summed E-state index contributed by atoms with van der Waals surface area (Å²) in [4.78, 5) is 13.9. The fourth-order valence-corrected chi connectivity index (χ4v) is 3.11. The number of ether oxygens (including phenoxy) is 1. The van der Waals surface area contributed by atoms with Crippen LogP contribution >= 0.6 is 0 Å². The Labute approximate surface area is 139 Å². The van der Waals surface area contributed by atoms with Crippen LogP contribution in [0, 0.1) is 17.2 Å². The van der Waals surface area contributed by atoms with Crippen LogP contribution in [0.5, 0.6) is 5.75 Å². The van der Waals surface area contributed by atoms with E-state index in [1.54, 1.807) is 4.90 Å². The lowest BCUT2D eigenvalue weighted by atomic mass is 10.0. The number of carbonyl (C=O) groups excluding carboxylic acids is 1. The van der Waals surface area contributed by atoms with Crippen molar-refractivity contribution >= 4 is 5.91 Å². The zero-order valence-corrected chi connectivity index (χ0v) is 14.2. The van der Waals surface area contributed by atoms with Gasteiger partial charge in [0.2, 0.25) is 5.91 Å². The van der Waals surface area contributed by atoms with Gasteiger partial charge in [0.05, 0.1) is 12.7 Å². The van der Waals surface area contributed by atoms with Crippen molar-refractivity contribution in [3.63, 3.8) is 0 Å². The zero-order valence-electron chi connectivity index (χ0n) is 14.2. The van der Waals surface area contributed by atoms with Gasteiger partial charge in [-0.25, -0.2) is 0 Å². The first-order chi connectivity index (χ1) is 11.2. The van der Waals surface area contributed by atoms with Crippen LogP contribution in [0.15, 0.2) is 18.2 Å². The van der Waals surface area contributed by atoms with Gasteiger partial charge in [0, 0.05) is 13.1 Å². The van der Waals surface area contributed by atoms with E-state index in [1.807, 2.05) is 19.9 Å². The Balaban J connectivity index is 1.77. The minimum absolute atomic E-state index is 0.0602. The molecule has 4 heteroatoms. The Morgan fingerprint density at radius 1 is 1.30 bits per heavy atom. The molecule has 4 nitrogen and oxygen atoms in total. The number of hydrogen-bond donors (Lipinski definition) is 0. The molecule has 0 radical (unpaired) electrons. The van der Waals surface area contributed by atoms with E-state index in [0.717, 1.165) is 12.2 Å². The van der Waals surface area contributed by atoms with Crippen LogP contribution in [-0.2, 0) is 17.6 Å². The van der Waals surface area contributed by atoms with E-state index in [1.165, 1.54) is 24.0 Å². The summed E-state index contributed by atoms with van der Waals surface area (Å²) in [5, 5.41) is 9.22. The molecule has 1 aliphatic carbocycles. The summed E-state index contributed by atoms with van der Waals surface area (Å²) >= 11 is 0. The summed E-state index contributed by atoms with van der Waals surface area (Å²) < 4.78 is 5.78. The third-order valence-corrected chi connectivity index (χ3v) is 4.50. The molecule has 0 aliphatic heterocycles. The lowest BCUT2D eigenvalue weighted by Crippen LogP contribution is -2.35. The van der Waals surface area contributed by atoms with Crippen molar-refractivity contribution in [2.75, 3.05) is 19.7 Å². The van der Waals surface area contributed by atoms with E-state index < -0.39 is 5.92 Å². The summed E-state index contributed by atoms with van der Waals surface area (Å²) in [6.45, 7) is 5.72. The number of aryl methyl sites for hydroxylation is 2. The highest BCUT2D eigenvalue weighted by molar-refractivity contribution is 5.81. The molecule has 124 valence electrons. The Morgan fingerprint density at radius 3 is 2.74 bits per heavy atom. The van der Waals surface area contributed by atoms with Gasteiger partial charge in [0.15, 0.2) is 0 Å². The van der Waals surface area contributed by atoms with Crippen LogP contribution in [0.2, 0.25) is 0 Å². The van der Waals surface area contributed by atoms with Gasteiger partial charge in [-0.15, -0.1) is 0 Å². The predicted octanol–water partition coefficient (Wildman–Crippen LogP) is 3.34. The van der Waals surface area contributed by atoms with E-state index in [9.17, 15) is 10.1 Å². The highest BCUT2D eigenvalue weighted by atomic mass is 16.5. The number of benzene rings is 1. The lowest BCUT2D eigenvalue weighted by Gasteiger charge is -2.21. The second-order valence-corrected chi connectivity index (χ2v) is 5.97. The van der Waals surface area contributed by atoms with E-state index >= 15 is 0 Å². The van der Waals surface area contributed by atoms with Crippen LogP contribution in [0.4, 0.5) is 0 Å². The van der Waals surface area contributed by atoms with Gasteiger partial charge in [-0.3, -0.25) is 4.79 Å². The van der Waals surface area contributed by atoms with Crippen molar-refractivity contribution < 1.29 is 9.53 Å². The molecule has 1 aliphatic rings. The number of fused-ring (bicyclic) bond motifs is 1. The van der Waals surface area contributed by atoms with Crippen LogP contribution in [0.3, 0.4) is 0 Å². The Morgan fingerprint density at radius 2 is 2.04 bits per heavy atom. The monoisotopic (exact) mass is 314 g/mol. The van der Waals surface area contributed by atoms with E-state index in [4.69, 9.17) is 4.74 Å². The largest absolute Gasteiger partial charge is 0.494 e. The second-order valence-electron chi connectivity index (χ2n) is 5.97. The molecule has 23 heavy (non-hydrogen) atoms. The lowest BCUT2D eigenvalue weighted by molar-refractivity contribution is -0.133. The zero-order chi connectivity index (χ0) is 16.7. The quantitative estimate of drug-likeness (QED) is 0.692. The molecule has 0 spiro atoms. The minimum Gasteiger partial charge on any atom is -0.494 e. The maximum atomic E-state index is 12.2.